The number of hydrogen-bond acceptors (Lipinski definition) is 4. The fourth-order valence-corrected chi connectivity index (χ4v) is 3.42. The van der Waals surface area contributed by atoms with Crippen LogP contribution in [0.25, 0.3) is 5.69 Å². The van der Waals surface area contributed by atoms with Crippen molar-refractivity contribution in [3.05, 3.63) is 51.9 Å². The molecule has 1 aliphatic rings. The highest BCUT2D eigenvalue weighted by Gasteiger charge is 2.27. The summed E-state index contributed by atoms with van der Waals surface area (Å²) in [4.78, 5) is 27.2. The van der Waals surface area contributed by atoms with Gasteiger partial charge >= 0.3 is 0 Å². The lowest BCUT2D eigenvalue weighted by Crippen LogP contribution is -2.39. The predicted octanol–water partition coefficient (Wildman–Crippen LogP) is 2.95. The van der Waals surface area contributed by atoms with Gasteiger partial charge in [0.1, 0.15) is 0 Å². The molecule has 1 fully saturated rings. The van der Waals surface area contributed by atoms with Gasteiger partial charge in [-0.25, -0.2) is 0 Å². The lowest BCUT2D eigenvalue weighted by Gasteiger charge is -2.31. The molecule has 1 aromatic heterocycles. The first-order valence-electron chi connectivity index (χ1n) is 9.04. The predicted molar refractivity (Wildman–Crippen MR) is 100 cm³/mol. The normalized spacial score (nSPS) is 14.9. The Morgan fingerprint density at radius 2 is 1.85 bits per heavy atom. The number of hydrogen-bond donors (Lipinski definition) is 0. The molecule has 0 radical (unpaired) electrons. The van der Waals surface area contributed by atoms with E-state index < -0.39 is 0 Å². The minimum Gasteiger partial charge on any atom is -0.494 e. The summed E-state index contributed by atoms with van der Waals surface area (Å²) >= 11 is 0. The number of benzene rings is 1. The standard InChI is InChI=1S/C20H25N3O3/c1-14-9-11-16(12-10-14)23-18(24)13-17(26-3)19(21-23)20(25)22(2)15-7-5-4-6-8-15/h9-13,15H,4-8H2,1-3H3. The molecule has 6 nitrogen and oxygen atoms in total. The minimum absolute atomic E-state index is 0.167. The summed E-state index contributed by atoms with van der Waals surface area (Å²) in [5.74, 6) is 0.000586. The third-order valence-corrected chi connectivity index (χ3v) is 5.04. The second-order valence-corrected chi connectivity index (χ2v) is 6.85. The fraction of sp³-hybridized carbons (Fsp3) is 0.450. The Labute approximate surface area is 153 Å². The highest BCUT2D eigenvalue weighted by Crippen LogP contribution is 2.24. The van der Waals surface area contributed by atoms with Gasteiger partial charge in [-0.1, -0.05) is 37.0 Å². The van der Waals surface area contributed by atoms with Crippen molar-refractivity contribution in [1.29, 1.82) is 0 Å². The first kappa shape index (κ1) is 18.2. The van der Waals surface area contributed by atoms with Crippen LogP contribution in [0.1, 0.15) is 48.2 Å². The molecule has 0 N–H and O–H groups in total. The van der Waals surface area contributed by atoms with E-state index >= 15 is 0 Å². The highest BCUT2D eigenvalue weighted by molar-refractivity contribution is 5.94. The van der Waals surface area contributed by atoms with Crippen LogP contribution in [0, 0.1) is 6.92 Å². The first-order valence-corrected chi connectivity index (χ1v) is 9.04. The van der Waals surface area contributed by atoms with Crippen LogP contribution in [-0.2, 0) is 0 Å². The summed E-state index contributed by atoms with van der Waals surface area (Å²) in [6, 6.07) is 8.98. The molecule has 1 amide bonds. The van der Waals surface area contributed by atoms with Crippen LogP contribution < -0.4 is 10.3 Å². The quantitative estimate of drug-likeness (QED) is 0.846. The van der Waals surface area contributed by atoms with E-state index in [4.69, 9.17) is 4.74 Å². The summed E-state index contributed by atoms with van der Waals surface area (Å²) in [6.07, 6.45) is 5.49. The lowest BCUT2D eigenvalue weighted by molar-refractivity contribution is 0.0684. The van der Waals surface area contributed by atoms with Crippen molar-refractivity contribution in [2.75, 3.05) is 14.2 Å². The summed E-state index contributed by atoms with van der Waals surface area (Å²) < 4.78 is 6.53. The number of carbonyl (C=O) groups is 1. The second kappa shape index (κ2) is 7.72. The molecule has 0 bridgehead atoms. The second-order valence-electron chi connectivity index (χ2n) is 6.85. The number of carbonyl (C=O) groups excluding carboxylic acids is 1. The van der Waals surface area contributed by atoms with Crippen molar-refractivity contribution in [2.45, 2.75) is 45.1 Å². The molecule has 0 atom stereocenters. The summed E-state index contributed by atoms with van der Waals surface area (Å²) in [6.45, 7) is 1.97. The zero-order valence-corrected chi connectivity index (χ0v) is 15.6. The molecule has 1 aliphatic carbocycles. The third-order valence-electron chi connectivity index (χ3n) is 5.04. The van der Waals surface area contributed by atoms with Gasteiger partial charge in [0.2, 0.25) is 0 Å². The first-order chi connectivity index (χ1) is 12.5. The van der Waals surface area contributed by atoms with Crippen molar-refractivity contribution in [1.82, 2.24) is 14.7 Å². The molecule has 0 saturated heterocycles. The van der Waals surface area contributed by atoms with Crippen molar-refractivity contribution in [3.63, 3.8) is 0 Å². The molecule has 1 saturated carbocycles. The number of ether oxygens (including phenoxy) is 1. The maximum Gasteiger partial charge on any atom is 0.278 e. The van der Waals surface area contributed by atoms with E-state index in [1.54, 1.807) is 11.9 Å². The van der Waals surface area contributed by atoms with Crippen LogP contribution in [0.5, 0.6) is 5.75 Å². The number of nitrogens with zero attached hydrogens (tertiary/aromatic N) is 3. The Bertz CT molecular complexity index is 836. The van der Waals surface area contributed by atoms with E-state index in [2.05, 4.69) is 5.10 Å². The molecule has 2 aromatic rings. The van der Waals surface area contributed by atoms with Gasteiger partial charge in [-0.2, -0.15) is 9.78 Å². The number of methoxy groups -OCH3 is 1. The molecule has 0 spiro atoms. The average Bonchev–Trinajstić information content (AvgIpc) is 2.68. The molecule has 0 aliphatic heterocycles. The van der Waals surface area contributed by atoms with Gasteiger partial charge in [0.15, 0.2) is 11.4 Å². The van der Waals surface area contributed by atoms with Gasteiger partial charge in [0.25, 0.3) is 11.5 Å². The van der Waals surface area contributed by atoms with Crippen molar-refractivity contribution >= 4 is 5.91 Å². The largest absolute Gasteiger partial charge is 0.494 e. The number of amides is 1. The van der Waals surface area contributed by atoms with E-state index in [0.717, 1.165) is 31.2 Å². The Morgan fingerprint density at radius 3 is 2.46 bits per heavy atom. The van der Waals surface area contributed by atoms with Crippen LogP contribution >= 0.6 is 0 Å². The van der Waals surface area contributed by atoms with Crippen LogP contribution in [0.15, 0.2) is 35.1 Å². The number of rotatable bonds is 4. The topological polar surface area (TPSA) is 64.4 Å². The maximum atomic E-state index is 13.0. The van der Waals surface area contributed by atoms with E-state index in [0.29, 0.717) is 5.69 Å². The molecular weight excluding hydrogens is 330 g/mol. The minimum atomic E-state index is -0.331. The van der Waals surface area contributed by atoms with Gasteiger partial charge in [0.05, 0.1) is 18.9 Å². The zero-order valence-electron chi connectivity index (χ0n) is 15.6. The van der Waals surface area contributed by atoms with Crippen LogP contribution in [0.3, 0.4) is 0 Å². The summed E-state index contributed by atoms with van der Waals surface area (Å²) in [5, 5.41) is 4.35. The Kier molecular flexibility index (Phi) is 5.40. The third kappa shape index (κ3) is 3.64. The Morgan fingerprint density at radius 1 is 1.19 bits per heavy atom. The highest BCUT2D eigenvalue weighted by atomic mass is 16.5. The summed E-state index contributed by atoms with van der Waals surface area (Å²) in [5.41, 5.74) is 1.55. The van der Waals surface area contributed by atoms with Gasteiger partial charge in [-0.05, 0) is 31.9 Å². The van der Waals surface area contributed by atoms with E-state index in [-0.39, 0.29) is 29.0 Å². The van der Waals surface area contributed by atoms with Gasteiger partial charge in [0, 0.05) is 13.1 Å². The SMILES string of the molecule is COc1cc(=O)n(-c2ccc(C)cc2)nc1C(=O)N(C)C1CCCCC1. The molecule has 138 valence electrons. The molecule has 26 heavy (non-hydrogen) atoms. The van der Waals surface area contributed by atoms with E-state index in [1.807, 2.05) is 31.2 Å². The molecule has 3 rings (SSSR count). The van der Waals surface area contributed by atoms with Crippen LogP contribution in [0.2, 0.25) is 0 Å². The summed E-state index contributed by atoms with van der Waals surface area (Å²) in [7, 11) is 3.25. The molecule has 0 unspecified atom stereocenters. The van der Waals surface area contributed by atoms with E-state index in [9.17, 15) is 9.59 Å². The Hall–Kier alpha value is -2.63. The Balaban J connectivity index is 1.99. The molecule has 6 heteroatoms. The molecule has 1 heterocycles. The van der Waals surface area contributed by atoms with Gasteiger partial charge in [-0.3, -0.25) is 9.59 Å². The number of aromatic nitrogens is 2. The maximum absolute atomic E-state index is 13.0. The smallest absolute Gasteiger partial charge is 0.278 e. The van der Waals surface area contributed by atoms with Crippen molar-refractivity contribution in [2.24, 2.45) is 0 Å². The van der Waals surface area contributed by atoms with Gasteiger partial charge < -0.3 is 9.64 Å². The zero-order chi connectivity index (χ0) is 18.7. The van der Waals surface area contributed by atoms with Crippen molar-refractivity contribution in [3.8, 4) is 11.4 Å². The fourth-order valence-electron chi connectivity index (χ4n) is 3.42. The monoisotopic (exact) mass is 355 g/mol. The molecule has 1 aromatic carbocycles. The van der Waals surface area contributed by atoms with Crippen LogP contribution in [-0.4, -0.2) is 40.8 Å². The van der Waals surface area contributed by atoms with E-state index in [1.165, 1.54) is 24.3 Å². The number of aryl methyl sites for hydroxylation is 1. The van der Waals surface area contributed by atoms with Crippen molar-refractivity contribution < 1.29 is 9.53 Å². The average molecular weight is 355 g/mol. The van der Waals surface area contributed by atoms with Crippen LogP contribution in [0.4, 0.5) is 0 Å². The van der Waals surface area contributed by atoms with Gasteiger partial charge in [-0.15, -0.1) is 0 Å². The lowest BCUT2D eigenvalue weighted by atomic mass is 9.94. The molecular formula is C20H25N3O3.